The van der Waals surface area contributed by atoms with Crippen molar-refractivity contribution in [2.45, 2.75) is 12.8 Å². The molecule has 2 N–H and O–H groups in total. The van der Waals surface area contributed by atoms with Gasteiger partial charge < -0.3 is 15.4 Å². The topological polar surface area (TPSA) is 63.4 Å². The molecule has 1 unspecified atom stereocenters. The number of nitrogens with zero attached hydrogens (tertiary/aromatic N) is 1. The summed E-state index contributed by atoms with van der Waals surface area (Å²) in [7, 11) is 0. The van der Waals surface area contributed by atoms with E-state index in [4.69, 9.17) is 5.73 Å². The van der Waals surface area contributed by atoms with Gasteiger partial charge in [-0.05, 0) is 12.3 Å². The predicted octanol–water partition coefficient (Wildman–Crippen LogP) is -0.617. The maximum absolute atomic E-state index is 11.1. The van der Waals surface area contributed by atoms with Gasteiger partial charge in [-0.2, -0.15) is 0 Å². The molecule has 1 rings (SSSR count). The van der Waals surface area contributed by atoms with Crippen molar-refractivity contribution in [3.8, 4) is 0 Å². The Kier molecular flexibility index (Phi) is 3.22. The van der Waals surface area contributed by atoms with E-state index in [2.05, 4.69) is 0 Å². The number of nitrogens with two attached hydrogens (primary N) is 1. The summed E-state index contributed by atoms with van der Waals surface area (Å²) in [6.45, 7) is 1.54. The molecule has 0 bridgehead atoms. The lowest BCUT2D eigenvalue weighted by atomic mass is 10.1. The van der Waals surface area contributed by atoms with Crippen molar-refractivity contribution in [3.05, 3.63) is 0 Å². The highest BCUT2D eigenvalue weighted by molar-refractivity contribution is 5.78. The van der Waals surface area contributed by atoms with Crippen LogP contribution in [0.5, 0.6) is 0 Å². The van der Waals surface area contributed by atoms with Gasteiger partial charge in [0, 0.05) is 19.5 Å². The van der Waals surface area contributed by atoms with Crippen molar-refractivity contribution in [1.82, 2.24) is 4.90 Å². The summed E-state index contributed by atoms with van der Waals surface area (Å²) < 4.78 is 0. The molecule has 1 heterocycles. The molecular weight excluding hydrogens is 156 g/mol. The van der Waals surface area contributed by atoms with Crippen LogP contribution in [0.3, 0.4) is 0 Å². The number of amides is 1. The summed E-state index contributed by atoms with van der Waals surface area (Å²) in [5.74, 6) is 0.349. The lowest BCUT2D eigenvalue weighted by Crippen LogP contribution is -2.34. The van der Waals surface area contributed by atoms with Gasteiger partial charge in [0.05, 0.1) is 6.54 Å². The van der Waals surface area contributed by atoms with Gasteiger partial charge in [-0.15, -0.1) is 0 Å². The van der Waals surface area contributed by atoms with Gasteiger partial charge in [-0.3, -0.25) is 4.79 Å². The summed E-state index contributed by atoms with van der Waals surface area (Å²) in [5.41, 5.74) is 5.21. The summed E-state index contributed by atoms with van der Waals surface area (Å²) in [4.78, 5) is 23.0. The van der Waals surface area contributed by atoms with Crippen molar-refractivity contribution in [3.63, 3.8) is 0 Å². The molecule has 0 radical (unpaired) electrons. The highest BCUT2D eigenvalue weighted by atomic mass is 16.2. The van der Waals surface area contributed by atoms with Crippen LogP contribution in [0.15, 0.2) is 0 Å². The molecule has 68 valence electrons. The summed E-state index contributed by atoms with van der Waals surface area (Å²) in [6, 6.07) is 0. The Labute approximate surface area is 71.7 Å². The van der Waals surface area contributed by atoms with Crippen LogP contribution in [-0.4, -0.2) is 36.7 Å². The van der Waals surface area contributed by atoms with Crippen molar-refractivity contribution < 1.29 is 9.59 Å². The van der Waals surface area contributed by atoms with Crippen molar-refractivity contribution in [2.24, 2.45) is 11.7 Å². The average Bonchev–Trinajstić information content (AvgIpc) is 2.52. The Bertz CT molecular complexity index is 182. The molecule has 0 aromatic carbocycles. The zero-order valence-electron chi connectivity index (χ0n) is 7.03. The van der Waals surface area contributed by atoms with Gasteiger partial charge in [-0.25, -0.2) is 0 Å². The van der Waals surface area contributed by atoms with E-state index < -0.39 is 0 Å². The lowest BCUT2D eigenvalue weighted by Gasteiger charge is -2.14. The van der Waals surface area contributed by atoms with Gasteiger partial charge in [0.15, 0.2) is 0 Å². The minimum absolute atomic E-state index is 0.0107. The van der Waals surface area contributed by atoms with Crippen molar-refractivity contribution >= 4 is 12.2 Å². The highest BCUT2D eigenvalue weighted by Crippen LogP contribution is 2.17. The number of hydrogen-bond donors (Lipinski definition) is 1. The lowest BCUT2D eigenvalue weighted by molar-refractivity contribution is -0.128. The third kappa shape index (κ3) is 2.04. The Morgan fingerprint density at radius 3 is 3.00 bits per heavy atom. The van der Waals surface area contributed by atoms with Crippen LogP contribution in [0.1, 0.15) is 12.8 Å². The number of hydrogen-bond acceptors (Lipinski definition) is 3. The zero-order valence-corrected chi connectivity index (χ0v) is 7.03. The maximum Gasteiger partial charge on any atom is 0.236 e. The number of rotatable bonds is 3. The van der Waals surface area contributed by atoms with Crippen LogP contribution in [0, 0.1) is 5.92 Å². The fraction of sp³-hybridized carbons (Fsp3) is 0.750. The molecule has 1 aliphatic rings. The third-order valence-corrected chi connectivity index (χ3v) is 2.24. The van der Waals surface area contributed by atoms with Crippen LogP contribution in [0.25, 0.3) is 0 Å². The largest absolute Gasteiger partial charge is 0.341 e. The molecule has 1 aliphatic heterocycles. The molecule has 0 aromatic heterocycles. The second-order valence-electron chi connectivity index (χ2n) is 3.10. The van der Waals surface area contributed by atoms with E-state index in [0.717, 1.165) is 19.3 Å². The molecule has 0 saturated carbocycles. The van der Waals surface area contributed by atoms with E-state index in [1.165, 1.54) is 0 Å². The molecule has 1 saturated heterocycles. The Morgan fingerprint density at radius 2 is 2.42 bits per heavy atom. The number of aldehydes is 1. The highest BCUT2D eigenvalue weighted by Gasteiger charge is 2.24. The van der Waals surface area contributed by atoms with E-state index in [1.54, 1.807) is 4.90 Å². The van der Waals surface area contributed by atoms with E-state index in [-0.39, 0.29) is 12.5 Å². The first-order valence-electron chi connectivity index (χ1n) is 4.19. The zero-order chi connectivity index (χ0) is 8.97. The molecule has 0 spiro atoms. The Morgan fingerprint density at radius 1 is 1.67 bits per heavy atom. The molecule has 0 aliphatic carbocycles. The second-order valence-corrected chi connectivity index (χ2v) is 3.10. The fourth-order valence-corrected chi connectivity index (χ4v) is 1.52. The van der Waals surface area contributed by atoms with Crippen LogP contribution in [-0.2, 0) is 9.59 Å². The van der Waals surface area contributed by atoms with Crippen LogP contribution >= 0.6 is 0 Å². The molecular formula is C8H14N2O2. The van der Waals surface area contributed by atoms with E-state index >= 15 is 0 Å². The first kappa shape index (κ1) is 9.19. The van der Waals surface area contributed by atoms with Gasteiger partial charge >= 0.3 is 0 Å². The quantitative estimate of drug-likeness (QED) is 0.574. The third-order valence-electron chi connectivity index (χ3n) is 2.24. The van der Waals surface area contributed by atoms with E-state index in [0.29, 0.717) is 18.9 Å². The van der Waals surface area contributed by atoms with Gasteiger partial charge in [0.2, 0.25) is 5.91 Å². The molecule has 12 heavy (non-hydrogen) atoms. The molecule has 4 nitrogen and oxygen atoms in total. The first-order chi connectivity index (χ1) is 5.77. The fourth-order valence-electron chi connectivity index (χ4n) is 1.52. The monoisotopic (exact) mass is 170 g/mol. The minimum atomic E-state index is -0.0107. The van der Waals surface area contributed by atoms with Crippen LogP contribution < -0.4 is 5.73 Å². The normalized spacial score (nSPS) is 22.8. The first-order valence-corrected chi connectivity index (χ1v) is 4.19. The van der Waals surface area contributed by atoms with E-state index in [1.807, 2.05) is 0 Å². The molecule has 4 heteroatoms. The standard InChI is InChI=1S/C8H14N2O2/c9-5-8(12)10-3-1-7(6-10)2-4-11/h4,7H,1-3,5-6,9H2. The average molecular weight is 170 g/mol. The maximum atomic E-state index is 11.1. The molecule has 0 aromatic rings. The molecule has 1 amide bonds. The van der Waals surface area contributed by atoms with Gasteiger partial charge in [0.25, 0.3) is 0 Å². The van der Waals surface area contributed by atoms with Gasteiger partial charge in [0.1, 0.15) is 6.29 Å². The van der Waals surface area contributed by atoms with Crippen molar-refractivity contribution in [1.29, 1.82) is 0 Å². The summed E-state index contributed by atoms with van der Waals surface area (Å²) in [5, 5.41) is 0. The summed E-state index contributed by atoms with van der Waals surface area (Å²) >= 11 is 0. The Hall–Kier alpha value is -0.900. The minimum Gasteiger partial charge on any atom is -0.341 e. The predicted molar refractivity (Wildman–Crippen MR) is 44.4 cm³/mol. The summed E-state index contributed by atoms with van der Waals surface area (Å²) in [6.07, 6.45) is 2.42. The second kappa shape index (κ2) is 4.21. The molecule has 1 atom stereocenters. The smallest absolute Gasteiger partial charge is 0.236 e. The SMILES string of the molecule is NCC(=O)N1CCC(CC=O)C1. The molecule has 1 fully saturated rings. The van der Waals surface area contributed by atoms with Crippen LogP contribution in [0.2, 0.25) is 0 Å². The van der Waals surface area contributed by atoms with Gasteiger partial charge in [-0.1, -0.05) is 0 Å². The number of carbonyl (C=O) groups excluding carboxylic acids is 2. The Balaban J connectivity index is 2.34. The van der Waals surface area contributed by atoms with E-state index in [9.17, 15) is 9.59 Å². The van der Waals surface area contributed by atoms with Crippen molar-refractivity contribution in [2.75, 3.05) is 19.6 Å². The van der Waals surface area contributed by atoms with Crippen LogP contribution in [0.4, 0.5) is 0 Å². The number of carbonyl (C=O) groups is 2. The number of likely N-dealkylation sites (tertiary alicyclic amines) is 1.